The summed E-state index contributed by atoms with van der Waals surface area (Å²) in [5.74, 6) is -4.57. The van der Waals surface area contributed by atoms with E-state index in [1.165, 1.54) is 7.05 Å². The molecule has 1 aromatic rings. The molecule has 1 unspecified atom stereocenters. The average Bonchev–Trinajstić information content (AvgIpc) is 2.81. The van der Waals surface area contributed by atoms with Gasteiger partial charge in [-0.05, 0) is 18.6 Å². The molecule has 2 rings (SSSR count). The van der Waals surface area contributed by atoms with Crippen LogP contribution in [-0.2, 0) is 19.4 Å². The molecule has 1 aliphatic rings. The number of anilines is 1. The minimum absolute atomic E-state index is 0.0567. The van der Waals surface area contributed by atoms with E-state index in [0.717, 1.165) is 23.1 Å². The standard InChI is InChI=1S/C13H14F2N2O4S/c1-17(8-5-6-22(20,21)7-8)13(19)12(18)16-11-9(14)3-2-4-10(11)15/h2-4,8H,5-7H2,1H3,(H,16,18). The van der Waals surface area contributed by atoms with Crippen molar-refractivity contribution < 1.29 is 26.8 Å². The number of halogens is 2. The predicted octanol–water partition coefficient (Wildman–Crippen LogP) is 0.549. The molecule has 22 heavy (non-hydrogen) atoms. The third-order valence-corrected chi connectivity index (χ3v) is 5.22. The number of benzene rings is 1. The van der Waals surface area contributed by atoms with E-state index in [-0.39, 0.29) is 17.9 Å². The number of para-hydroxylation sites is 1. The number of nitrogens with zero attached hydrogens (tertiary/aromatic N) is 1. The Hall–Kier alpha value is -2.03. The van der Waals surface area contributed by atoms with E-state index in [9.17, 15) is 26.8 Å². The lowest BCUT2D eigenvalue weighted by atomic mass is 10.2. The molecular weight excluding hydrogens is 318 g/mol. The summed E-state index contributed by atoms with van der Waals surface area (Å²) in [5, 5.41) is 1.87. The van der Waals surface area contributed by atoms with E-state index in [1.807, 2.05) is 5.32 Å². The highest BCUT2D eigenvalue weighted by atomic mass is 32.2. The summed E-state index contributed by atoms with van der Waals surface area (Å²) < 4.78 is 49.6. The van der Waals surface area contributed by atoms with Gasteiger partial charge in [0.2, 0.25) is 0 Å². The topological polar surface area (TPSA) is 83.6 Å². The smallest absolute Gasteiger partial charge is 0.314 e. The fourth-order valence-corrected chi connectivity index (χ4v) is 3.97. The Balaban J connectivity index is 2.08. The molecule has 1 saturated heterocycles. The maximum Gasteiger partial charge on any atom is 0.314 e. The van der Waals surface area contributed by atoms with Crippen molar-refractivity contribution >= 4 is 27.3 Å². The van der Waals surface area contributed by atoms with Crippen LogP contribution in [0.2, 0.25) is 0 Å². The molecule has 0 aromatic heterocycles. The van der Waals surface area contributed by atoms with Crippen molar-refractivity contribution in [2.75, 3.05) is 23.9 Å². The lowest BCUT2D eigenvalue weighted by Gasteiger charge is -2.22. The minimum Gasteiger partial charge on any atom is -0.333 e. The summed E-state index contributed by atoms with van der Waals surface area (Å²) in [6.07, 6.45) is 0.228. The van der Waals surface area contributed by atoms with E-state index < -0.39 is 45.0 Å². The van der Waals surface area contributed by atoms with E-state index in [0.29, 0.717) is 0 Å². The van der Waals surface area contributed by atoms with Gasteiger partial charge in [0.1, 0.15) is 17.3 Å². The van der Waals surface area contributed by atoms with Crippen molar-refractivity contribution in [1.82, 2.24) is 4.90 Å². The zero-order chi connectivity index (χ0) is 16.5. The van der Waals surface area contributed by atoms with Gasteiger partial charge < -0.3 is 10.2 Å². The van der Waals surface area contributed by atoms with Crippen LogP contribution in [0.15, 0.2) is 18.2 Å². The van der Waals surface area contributed by atoms with Crippen LogP contribution < -0.4 is 5.32 Å². The van der Waals surface area contributed by atoms with E-state index >= 15 is 0 Å². The van der Waals surface area contributed by atoms with Crippen molar-refractivity contribution in [3.63, 3.8) is 0 Å². The number of hydrogen-bond acceptors (Lipinski definition) is 4. The van der Waals surface area contributed by atoms with Gasteiger partial charge in [-0.1, -0.05) is 6.07 Å². The van der Waals surface area contributed by atoms with Crippen molar-refractivity contribution in [1.29, 1.82) is 0 Å². The molecule has 9 heteroatoms. The van der Waals surface area contributed by atoms with E-state index in [1.54, 1.807) is 0 Å². The number of rotatable bonds is 2. The zero-order valence-electron chi connectivity index (χ0n) is 11.7. The average molecular weight is 332 g/mol. The van der Waals surface area contributed by atoms with Gasteiger partial charge in [0.05, 0.1) is 11.5 Å². The van der Waals surface area contributed by atoms with Gasteiger partial charge >= 0.3 is 11.8 Å². The third-order valence-electron chi connectivity index (χ3n) is 3.47. The predicted molar refractivity (Wildman–Crippen MR) is 74.8 cm³/mol. The van der Waals surface area contributed by atoms with Crippen LogP contribution in [0.5, 0.6) is 0 Å². The van der Waals surface area contributed by atoms with E-state index in [4.69, 9.17) is 0 Å². The van der Waals surface area contributed by atoms with Crippen molar-refractivity contribution in [2.24, 2.45) is 0 Å². The summed E-state index contributed by atoms with van der Waals surface area (Å²) in [4.78, 5) is 24.7. The molecular formula is C13H14F2N2O4S. The number of carbonyl (C=O) groups is 2. The molecule has 1 aromatic carbocycles. The first kappa shape index (κ1) is 16.3. The molecule has 1 heterocycles. The summed E-state index contributed by atoms with van der Waals surface area (Å²) in [6.45, 7) is 0. The summed E-state index contributed by atoms with van der Waals surface area (Å²) >= 11 is 0. The second-order valence-electron chi connectivity index (χ2n) is 5.02. The lowest BCUT2D eigenvalue weighted by molar-refractivity contribution is -0.143. The van der Waals surface area contributed by atoms with Crippen molar-refractivity contribution in [3.05, 3.63) is 29.8 Å². The molecule has 0 radical (unpaired) electrons. The van der Waals surface area contributed by atoms with Crippen LogP contribution in [-0.4, -0.2) is 49.7 Å². The Morgan fingerprint density at radius 2 is 1.86 bits per heavy atom. The SMILES string of the molecule is CN(C(=O)C(=O)Nc1c(F)cccc1F)C1CCS(=O)(=O)C1. The van der Waals surface area contributed by atoms with Crippen molar-refractivity contribution in [3.8, 4) is 0 Å². The maximum absolute atomic E-state index is 13.4. The molecule has 2 amide bonds. The highest BCUT2D eigenvalue weighted by molar-refractivity contribution is 7.91. The first-order valence-electron chi connectivity index (χ1n) is 6.44. The number of likely N-dealkylation sites (N-methyl/N-ethyl adjacent to an activating group) is 1. The second-order valence-corrected chi connectivity index (χ2v) is 7.25. The molecule has 0 bridgehead atoms. The normalized spacial score (nSPS) is 19.7. The Morgan fingerprint density at radius 1 is 1.27 bits per heavy atom. The number of sulfone groups is 1. The summed E-state index contributed by atoms with van der Waals surface area (Å²) in [7, 11) is -1.93. The summed E-state index contributed by atoms with van der Waals surface area (Å²) in [5.41, 5.74) is -0.715. The Morgan fingerprint density at radius 3 is 2.36 bits per heavy atom. The molecule has 1 fully saturated rings. The van der Waals surface area contributed by atoms with Gasteiger partial charge in [0, 0.05) is 13.1 Å². The summed E-state index contributed by atoms with van der Waals surface area (Å²) in [6, 6.07) is 2.39. The number of amides is 2. The molecule has 120 valence electrons. The molecule has 1 atom stereocenters. The first-order valence-corrected chi connectivity index (χ1v) is 8.26. The number of nitrogens with one attached hydrogen (secondary N) is 1. The number of hydrogen-bond donors (Lipinski definition) is 1. The van der Waals surface area contributed by atoms with Gasteiger partial charge in [-0.2, -0.15) is 0 Å². The molecule has 0 spiro atoms. The van der Waals surface area contributed by atoms with Crippen LogP contribution in [0.3, 0.4) is 0 Å². The molecule has 0 aliphatic carbocycles. The first-order chi connectivity index (χ1) is 10.2. The van der Waals surface area contributed by atoms with Gasteiger partial charge in [-0.15, -0.1) is 0 Å². The number of carbonyl (C=O) groups excluding carboxylic acids is 2. The Labute approximate surface area is 126 Å². The fourth-order valence-electron chi connectivity index (χ4n) is 2.19. The highest BCUT2D eigenvalue weighted by Crippen LogP contribution is 2.19. The fraction of sp³-hybridized carbons (Fsp3) is 0.385. The quantitative estimate of drug-likeness (QED) is 0.802. The van der Waals surface area contributed by atoms with Gasteiger partial charge in [0.15, 0.2) is 9.84 Å². The highest BCUT2D eigenvalue weighted by Gasteiger charge is 2.35. The monoisotopic (exact) mass is 332 g/mol. The lowest BCUT2D eigenvalue weighted by Crippen LogP contribution is -2.44. The van der Waals surface area contributed by atoms with Crippen LogP contribution in [0.25, 0.3) is 0 Å². The zero-order valence-corrected chi connectivity index (χ0v) is 12.5. The largest absolute Gasteiger partial charge is 0.333 e. The maximum atomic E-state index is 13.4. The van der Waals surface area contributed by atoms with Crippen molar-refractivity contribution in [2.45, 2.75) is 12.5 Å². The molecule has 6 nitrogen and oxygen atoms in total. The third kappa shape index (κ3) is 3.41. The van der Waals surface area contributed by atoms with Gasteiger partial charge in [-0.25, -0.2) is 17.2 Å². The second kappa shape index (κ2) is 5.99. The molecule has 1 aliphatic heterocycles. The van der Waals surface area contributed by atoms with Crippen LogP contribution in [0, 0.1) is 11.6 Å². The van der Waals surface area contributed by atoms with Gasteiger partial charge in [0.25, 0.3) is 0 Å². The van der Waals surface area contributed by atoms with Gasteiger partial charge in [-0.3, -0.25) is 9.59 Å². The van der Waals surface area contributed by atoms with Crippen LogP contribution >= 0.6 is 0 Å². The van der Waals surface area contributed by atoms with E-state index in [2.05, 4.69) is 0 Å². The molecule has 0 saturated carbocycles. The Kier molecular flexibility index (Phi) is 4.45. The van der Waals surface area contributed by atoms with Crippen LogP contribution in [0.4, 0.5) is 14.5 Å². The van der Waals surface area contributed by atoms with Crippen LogP contribution in [0.1, 0.15) is 6.42 Å². The Bertz CT molecular complexity index is 701. The minimum atomic E-state index is -3.22. The molecule has 1 N–H and O–H groups in total.